The van der Waals surface area contributed by atoms with Crippen molar-refractivity contribution in [2.75, 3.05) is 19.5 Å². The molecule has 0 amide bonds. The van der Waals surface area contributed by atoms with Gasteiger partial charge in [-0.15, -0.1) is 0 Å². The molecule has 1 aromatic heterocycles. The smallest absolute Gasteiger partial charge is 0.339 e. The van der Waals surface area contributed by atoms with Gasteiger partial charge in [-0.05, 0) is 42.5 Å². The lowest BCUT2D eigenvalue weighted by Crippen LogP contribution is -2.09. The van der Waals surface area contributed by atoms with E-state index in [1.807, 2.05) is 12.1 Å². The molecule has 4 aromatic rings. The molecular formula is C28H21ClFN3O4. The lowest BCUT2D eigenvalue weighted by atomic mass is 9.94. The highest BCUT2D eigenvalue weighted by Gasteiger charge is 2.25. The van der Waals surface area contributed by atoms with Gasteiger partial charge in [0.15, 0.2) is 0 Å². The average molecular weight is 518 g/mol. The van der Waals surface area contributed by atoms with Crippen molar-refractivity contribution < 1.29 is 23.8 Å². The summed E-state index contributed by atoms with van der Waals surface area (Å²) in [6.45, 7) is 0.267. The minimum Gasteiger partial charge on any atom is -0.496 e. The number of rotatable bonds is 6. The van der Waals surface area contributed by atoms with Crippen molar-refractivity contribution in [2.45, 2.75) is 6.54 Å². The Morgan fingerprint density at radius 3 is 2.57 bits per heavy atom. The molecule has 2 N–H and O–H groups in total. The number of carboxylic acids is 1. The molecule has 0 radical (unpaired) electrons. The normalized spacial score (nSPS) is 12.1. The molecule has 2 heterocycles. The number of aromatic nitrogens is 1. The van der Waals surface area contributed by atoms with E-state index >= 15 is 4.39 Å². The largest absolute Gasteiger partial charge is 0.496 e. The second kappa shape index (κ2) is 9.91. The number of carbonyl (C=O) groups is 1. The van der Waals surface area contributed by atoms with Crippen LogP contribution in [0.15, 0.2) is 71.7 Å². The van der Waals surface area contributed by atoms with Crippen LogP contribution in [0.25, 0.3) is 11.3 Å². The van der Waals surface area contributed by atoms with Crippen LogP contribution in [-0.4, -0.2) is 36.0 Å². The van der Waals surface area contributed by atoms with Gasteiger partial charge in [0.2, 0.25) is 0 Å². The maximum atomic E-state index is 15.1. The van der Waals surface area contributed by atoms with Gasteiger partial charge in [-0.1, -0.05) is 29.8 Å². The molecule has 0 unspecified atom stereocenters. The number of fused-ring (bicyclic) bond motifs is 3. The Kier molecular flexibility index (Phi) is 6.50. The summed E-state index contributed by atoms with van der Waals surface area (Å²) in [6, 6.07) is 18.4. The van der Waals surface area contributed by atoms with Crippen molar-refractivity contribution in [1.29, 1.82) is 0 Å². The lowest BCUT2D eigenvalue weighted by Gasteiger charge is -2.15. The summed E-state index contributed by atoms with van der Waals surface area (Å²) in [4.78, 5) is 21.0. The number of halogens is 2. The van der Waals surface area contributed by atoms with E-state index in [9.17, 15) is 9.90 Å². The summed E-state index contributed by atoms with van der Waals surface area (Å²) in [5, 5.41) is 13.0. The molecule has 186 valence electrons. The van der Waals surface area contributed by atoms with Crippen LogP contribution in [0.3, 0.4) is 0 Å². The van der Waals surface area contributed by atoms with E-state index in [-0.39, 0.29) is 23.4 Å². The van der Waals surface area contributed by atoms with Crippen LogP contribution in [0.5, 0.6) is 11.5 Å². The van der Waals surface area contributed by atoms with Gasteiger partial charge in [-0.25, -0.2) is 14.2 Å². The molecule has 0 fully saturated rings. The van der Waals surface area contributed by atoms with Crippen LogP contribution in [0, 0.1) is 5.82 Å². The Morgan fingerprint density at radius 2 is 1.81 bits per heavy atom. The number of aromatic carboxylic acids is 1. The van der Waals surface area contributed by atoms with Gasteiger partial charge in [0.25, 0.3) is 0 Å². The molecule has 0 aliphatic carbocycles. The predicted molar refractivity (Wildman–Crippen MR) is 140 cm³/mol. The third-order valence-corrected chi connectivity index (χ3v) is 6.25. The highest BCUT2D eigenvalue weighted by Crippen LogP contribution is 2.37. The van der Waals surface area contributed by atoms with Gasteiger partial charge in [0, 0.05) is 33.5 Å². The number of ether oxygens (including phenoxy) is 2. The van der Waals surface area contributed by atoms with Gasteiger partial charge in [0.05, 0.1) is 37.7 Å². The van der Waals surface area contributed by atoms with Gasteiger partial charge >= 0.3 is 5.97 Å². The van der Waals surface area contributed by atoms with Crippen LogP contribution >= 0.6 is 11.6 Å². The maximum absolute atomic E-state index is 15.1. The van der Waals surface area contributed by atoms with Crippen LogP contribution in [0.1, 0.15) is 27.0 Å². The third kappa shape index (κ3) is 4.59. The fourth-order valence-electron chi connectivity index (χ4n) is 4.30. The summed E-state index contributed by atoms with van der Waals surface area (Å²) in [5.74, 6) is -0.418. The molecule has 0 atom stereocenters. The van der Waals surface area contributed by atoms with Gasteiger partial charge in [-0.3, -0.25) is 4.99 Å². The summed E-state index contributed by atoms with van der Waals surface area (Å²) < 4.78 is 25.7. The Morgan fingerprint density at radius 1 is 1.00 bits per heavy atom. The standard InChI is InChI=1S/C28H21ClFN3O4/c1-36-22-5-3-4-21(30)25(22)27-20-12-16(29)7-9-18(20)26-15(14-31-27)6-11-24(33-26)32-17-8-10-19(28(34)35)23(13-17)37-2/h3-13H,14H2,1-2H3,(H,32,33)(H,34,35). The van der Waals surface area contributed by atoms with E-state index in [1.54, 1.807) is 42.5 Å². The van der Waals surface area contributed by atoms with Gasteiger partial charge in [-0.2, -0.15) is 0 Å². The Bertz CT molecular complexity index is 1570. The lowest BCUT2D eigenvalue weighted by molar-refractivity contribution is 0.0693. The Balaban J connectivity index is 1.60. The van der Waals surface area contributed by atoms with Crippen molar-refractivity contribution >= 4 is 34.8 Å². The van der Waals surface area contributed by atoms with Crippen molar-refractivity contribution in [3.8, 4) is 22.8 Å². The van der Waals surface area contributed by atoms with E-state index in [4.69, 9.17) is 31.1 Å². The maximum Gasteiger partial charge on any atom is 0.339 e. The summed E-state index contributed by atoms with van der Waals surface area (Å²) >= 11 is 6.36. The van der Waals surface area contributed by atoms with Crippen LogP contribution < -0.4 is 14.8 Å². The number of pyridine rings is 1. The van der Waals surface area contributed by atoms with E-state index in [0.29, 0.717) is 39.2 Å². The second-order valence-corrected chi connectivity index (χ2v) is 8.66. The first-order chi connectivity index (χ1) is 17.9. The van der Waals surface area contributed by atoms with Crippen molar-refractivity contribution in [3.63, 3.8) is 0 Å². The number of nitrogens with zero attached hydrogens (tertiary/aromatic N) is 2. The van der Waals surface area contributed by atoms with Crippen molar-refractivity contribution in [1.82, 2.24) is 4.98 Å². The minimum atomic E-state index is -1.08. The number of aliphatic imine (C=N–C) groups is 1. The molecule has 0 saturated carbocycles. The number of benzene rings is 3. The molecule has 9 heteroatoms. The number of anilines is 2. The molecule has 0 bridgehead atoms. The summed E-state index contributed by atoms with van der Waals surface area (Å²) in [5.41, 5.74) is 4.22. The zero-order chi connectivity index (χ0) is 26.1. The number of nitrogens with one attached hydrogen (secondary N) is 1. The molecule has 1 aliphatic rings. The molecular weight excluding hydrogens is 497 g/mol. The van der Waals surface area contributed by atoms with Gasteiger partial charge in [0.1, 0.15) is 28.7 Å². The fraction of sp³-hybridized carbons (Fsp3) is 0.107. The van der Waals surface area contributed by atoms with Crippen LogP contribution in [0.2, 0.25) is 5.02 Å². The Labute approximate surface area is 217 Å². The number of hydrogen-bond donors (Lipinski definition) is 2. The van der Waals surface area contributed by atoms with Crippen molar-refractivity contribution in [3.05, 3.63) is 99.8 Å². The number of hydrogen-bond acceptors (Lipinski definition) is 6. The molecule has 0 spiro atoms. The SMILES string of the molecule is COc1cc(Nc2ccc3c(n2)-c2ccc(Cl)cc2C(c2c(F)cccc2OC)=NC3)ccc1C(=O)O. The second-order valence-electron chi connectivity index (χ2n) is 8.22. The third-order valence-electron chi connectivity index (χ3n) is 6.01. The van der Waals surface area contributed by atoms with E-state index < -0.39 is 11.8 Å². The van der Waals surface area contributed by atoms with Gasteiger partial charge < -0.3 is 19.9 Å². The van der Waals surface area contributed by atoms with E-state index in [1.165, 1.54) is 26.4 Å². The zero-order valence-corrected chi connectivity index (χ0v) is 20.6. The first-order valence-corrected chi connectivity index (χ1v) is 11.6. The van der Waals surface area contributed by atoms with Crippen LogP contribution in [0.4, 0.5) is 15.9 Å². The fourth-order valence-corrected chi connectivity index (χ4v) is 4.47. The molecule has 37 heavy (non-hydrogen) atoms. The topological polar surface area (TPSA) is 93.0 Å². The number of carboxylic acid groups (broad SMARTS) is 1. The monoisotopic (exact) mass is 517 g/mol. The summed E-state index contributed by atoms with van der Waals surface area (Å²) in [7, 11) is 2.90. The highest BCUT2D eigenvalue weighted by atomic mass is 35.5. The van der Waals surface area contributed by atoms with Crippen LogP contribution in [-0.2, 0) is 6.54 Å². The molecule has 7 nitrogen and oxygen atoms in total. The molecule has 1 aliphatic heterocycles. The first-order valence-electron chi connectivity index (χ1n) is 11.3. The quantitative estimate of drug-likeness (QED) is 0.309. The molecule has 3 aromatic carbocycles. The number of methoxy groups -OCH3 is 2. The average Bonchev–Trinajstić information content (AvgIpc) is 3.04. The predicted octanol–water partition coefficient (Wildman–Crippen LogP) is 6.35. The zero-order valence-electron chi connectivity index (χ0n) is 19.9. The van der Waals surface area contributed by atoms with Crippen molar-refractivity contribution in [2.24, 2.45) is 4.99 Å². The first kappa shape index (κ1) is 24.3. The van der Waals surface area contributed by atoms with E-state index in [2.05, 4.69) is 5.32 Å². The minimum absolute atomic E-state index is 0.0574. The highest BCUT2D eigenvalue weighted by molar-refractivity contribution is 6.31. The Hall–Kier alpha value is -4.43. The molecule has 0 saturated heterocycles. The molecule has 5 rings (SSSR count). The van der Waals surface area contributed by atoms with E-state index in [0.717, 1.165) is 11.1 Å². The summed E-state index contributed by atoms with van der Waals surface area (Å²) in [6.07, 6.45) is 0.